The standard InChI is InChI=1S/C9H7F6NO2/c10-8(11,12)7(9(13,14)15)18-6-5(4-17)2-1-3-16-6/h1-3,7,17H,4H2. The molecule has 0 saturated heterocycles. The molecule has 9 heteroatoms. The Kier molecular flexibility index (Phi) is 4.05. The Bertz CT molecular complexity index is 389. The van der Waals surface area contributed by atoms with Gasteiger partial charge in [-0.1, -0.05) is 0 Å². The van der Waals surface area contributed by atoms with Crippen LogP contribution in [0.1, 0.15) is 5.56 Å². The van der Waals surface area contributed by atoms with E-state index in [-0.39, 0.29) is 5.56 Å². The van der Waals surface area contributed by atoms with Crippen molar-refractivity contribution >= 4 is 0 Å². The van der Waals surface area contributed by atoms with Gasteiger partial charge in [-0.3, -0.25) is 0 Å². The second-order valence-corrected chi connectivity index (χ2v) is 3.21. The van der Waals surface area contributed by atoms with Crippen LogP contribution >= 0.6 is 0 Å². The fourth-order valence-corrected chi connectivity index (χ4v) is 1.08. The van der Waals surface area contributed by atoms with Crippen LogP contribution in [0.25, 0.3) is 0 Å². The average Bonchev–Trinajstić information content (AvgIpc) is 2.23. The van der Waals surface area contributed by atoms with E-state index in [0.29, 0.717) is 0 Å². The summed E-state index contributed by atoms with van der Waals surface area (Å²) in [5, 5.41) is 8.75. The normalized spacial score (nSPS) is 12.9. The number of halogens is 6. The van der Waals surface area contributed by atoms with Crippen LogP contribution < -0.4 is 4.74 Å². The summed E-state index contributed by atoms with van der Waals surface area (Å²) in [5.41, 5.74) is -0.268. The molecule has 0 saturated carbocycles. The molecule has 18 heavy (non-hydrogen) atoms. The Labute approximate surface area is 97.0 Å². The van der Waals surface area contributed by atoms with Gasteiger partial charge in [-0.05, 0) is 12.1 Å². The Morgan fingerprint density at radius 3 is 2.17 bits per heavy atom. The third kappa shape index (κ3) is 3.49. The van der Waals surface area contributed by atoms with E-state index in [1.54, 1.807) is 0 Å². The summed E-state index contributed by atoms with van der Waals surface area (Å²) in [5.74, 6) is -0.903. The number of aliphatic hydroxyl groups is 1. The number of hydrogen-bond acceptors (Lipinski definition) is 3. The first-order valence-corrected chi connectivity index (χ1v) is 4.51. The summed E-state index contributed by atoms with van der Waals surface area (Å²) in [6, 6.07) is 2.35. The monoisotopic (exact) mass is 275 g/mol. The highest BCUT2D eigenvalue weighted by atomic mass is 19.4. The molecule has 0 unspecified atom stereocenters. The predicted octanol–water partition coefficient (Wildman–Crippen LogP) is 2.45. The van der Waals surface area contributed by atoms with Gasteiger partial charge in [0.15, 0.2) is 0 Å². The van der Waals surface area contributed by atoms with Gasteiger partial charge in [0.2, 0.25) is 5.88 Å². The highest BCUT2D eigenvalue weighted by Crippen LogP contribution is 2.36. The summed E-state index contributed by atoms with van der Waals surface area (Å²) in [4.78, 5) is 3.23. The third-order valence-electron chi connectivity index (χ3n) is 1.84. The third-order valence-corrected chi connectivity index (χ3v) is 1.84. The Morgan fingerprint density at radius 1 is 1.17 bits per heavy atom. The van der Waals surface area contributed by atoms with E-state index in [1.165, 1.54) is 6.07 Å². The van der Waals surface area contributed by atoms with Crippen molar-refractivity contribution < 1.29 is 36.2 Å². The van der Waals surface area contributed by atoms with Crippen LogP contribution in [0.15, 0.2) is 18.3 Å². The lowest BCUT2D eigenvalue weighted by Gasteiger charge is -2.23. The van der Waals surface area contributed by atoms with Crippen LogP contribution in [-0.2, 0) is 6.61 Å². The van der Waals surface area contributed by atoms with Gasteiger partial charge < -0.3 is 9.84 Å². The van der Waals surface area contributed by atoms with Gasteiger partial charge in [0.1, 0.15) is 0 Å². The van der Waals surface area contributed by atoms with Gasteiger partial charge >= 0.3 is 12.4 Å². The van der Waals surface area contributed by atoms with Gasteiger partial charge in [0.25, 0.3) is 6.10 Å². The summed E-state index contributed by atoms with van der Waals surface area (Å²) < 4.78 is 77.1. The lowest BCUT2D eigenvalue weighted by Crippen LogP contribution is -2.46. The molecule has 0 aliphatic carbocycles. The van der Waals surface area contributed by atoms with Crippen molar-refractivity contribution in [3.63, 3.8) is 0 Å². The molecule has 0 radical (unpaired) electrons. The van der Waals surface area contributed by atoms with Crippen LogP contribution in [0.3, 0.4) is 0 Å². The molecular formula is C9H7F6NO2. The minimum Gasteiger partial charge on any atom is -0.454 e. The molecule has 0 spiro atoms. The van der Waals surface area contributed by atoms with Crippen molar-refractivity contribution in [2.75, 3.05) is 0 Å². The fraction of sp³-hybridized carbons (Fsp3) is 0.444. The molecule has 102 valence electrons. The molecule has 0 aromatic carbocycles. The lowest BCUT2D eigenvalue weighted by atomic mass is 10.3. The average molecular weight is 275 g/mol. The lowest BCUT2D eigenvalue weighted by molar-refractivity contribution is -0.300. The van der Waals surface area contributed by atoms with Crippen LogP contribution in [-0.4, -0.2) is 28.5 Å². The van der Waals surface area contributed by atoms with Crippen molar-refractivity contribution in [2.45, 2.75) is 25.1 Å². The number of alkyl halides is 6. The molecule has 3 nitrogen and oxygen atoms in total. The van der Waals surface area contributed by atoms with Crippen molar-refractivity contribution in [3.05, 3.63) is 23.9 Å². The summed E-state index contributed by atoms with van der Waals surface area (Å²) in [6.07, 6.45) is -14.3. The highest BCUT2D eigenvalue weighted by Gasteiger charge is 2.59. The molecule has 1 rings (SSSR count). The molecule has 0 bridgehead atoms. The molecule has 0 aliphatic heterocycles. The second-order valence-electron chi connectivity index (χ2n) is 3.21. The van der Waals surface area contributed by atoms with E-state index in [0.717, 1.165) is 12.3 Å². The molecule has 1 aromatic rings. The molecule has 1 N–H and O–H groups in total. The quantitative estimate of drug-likeness (QED) is 0.861. The van der Waals surface area contributed by atoms with Gasteiger partial charge in [0.05, 0.1) is 6.61 Å². The largest absolute Gasteiger partial charge is 0.454 e. The number of aromatic nitrogens is 1. The predicted molar refractivity (Wildman–Crippen MR) is 46.7 cm³/mol. The van der Waals surface area contributed by atoms with Gasteiger partial charge in [-0.25, -0.2) is 4.98 Å². The number of aliphatic hydroxyl groups excluding tert-OH is 1. The van der Waals surface area contributed by atoms with Gasteiger partial charge in [-0.15, -0.1) is 0 Å². The number of pyridine rings is 1. The van der Waals surface area contributed by atoms with Crippen LogP contribution in [0.4, 0.5) is 26.3 Å². The van der Waals surface area contributed by atoms with E-state index >= 15 is 0 Å². The zero-order valence-electron chi connectivity index (χ0n) is 8.59. The van der Waals surface area contributed by atoms with E-state index in [2.05, 4.69) is 9.72 Å². The van der Waals surface area contributed by atoms with Crippen molar-refractivity contribution in [2.24, 2.45) is 0 Å². The van der Waals surface area contributed by atoms with E-state index in [1.807, 2.05) is 0 Å². The maximum absolute atomic E-state index is 12.2. The molecule has 1 aromatic heterocycles. The number of rotatable bonds is 3. The van der Waals surface area contributed by atoms with Crippen LogP contribution in [0.2, 0.25) is 0 Å². The molecule has 0 amide bonds. The highest BCUT2D eigenvalue weighted by molar-refractivity contribution is 5.24. The van der Waals surface area contributed by atoms with E-state index < -0.39 is 30.9 Å². The first kappa shape index (κ1) is 14.6. The summed E-state index contributed by atoms with van der Waals surface area (Å²) >= 11 is 0. The molecule has 0 atom stereocenters. The molecule has 0 fully saturated rings. The minimum absolute atomic E-state index is 0.268. The van der Waals surface area contributed by atoms with Crippen molar-refractivity contribution in [3.8, 4) is 5.88 Å². The molecule has 1 heterocycles. The minimum atomic E-state index is -5.62. The Hall–Kier alpha value is -1.51. The summed E-state index contributed by atoms with van der Waals surface area (Å²) in [7, 11) is 0. The van der Waals surface area contributed by atoms with E-state index in [9.17, 15) is 26.3 Å². The SMILES string of the molecule is OCc1cccnc1OC(C(F)(F)F)C(F)(F)F. The first-order chi connectivity index (χ1) is 8.16. The smallest absolute Gasteiger partial charge is 0.434 e. The molecular weight excluding hydrogens is 268 g/mol. The van der Waals surface area contributed by atoms with Crippen LogP contribution in [0.5, 0.6) is 5.88 Å². The number of nitrogens with zero attached hydrogens (tertiary/aromatic N) is 1. The van der Waals surface area contributed by atoms with Crippen molar-refractivity contribution in [1.82, 2.24) is 4.98 Å². The zero-order valence-corrected chi connectivity index (χ0v) is 8.59. The van der Waals surface area contributed by atoms with Gasteiger partial charge in [0, 0.05) is 11.8 Å². The maximum Gasteiger partial charge on any atom is 0.434 e. The maximum atomic E-state index is 12.2. The van der Waals surface area contributed by atoms with Gasteiger partial charge in [-0.2, -0.15) is 26.3 Å². The number of ether oxygens (including phenoxy) is 1. The second kappa shape index (κ2) is 5.01. The molecule has 0 aliphatic rings. The van der Waals surface area contributed by atoms with E-state index in [4.69, 9.17) is 5.11 Å². The van der Waals surface area contributed by atoms with Crippen LogP contribution in [0, 0.1) is 0 Å². The first-order valence-electron chi connectivity index (χ1n) is 4.51. The Balaban J connectivity index is 3.05. The zero-order chi connectivity index (χ0) is 14.0. The number of hydrogen-bond donors (Lipinski definition) is 1. The summed E-state index contributed by atoms with van der Waals surface area (Å²) in [6.45, 7) is -0.786. The topological polar surface area (TPSA) is 42.4 Å². The van der Waals surface area contributed by atoms with Crippen molar-refractivity contribution in [1.29, 1.82) is 0 Å². The fourth-order valence-electron chi connectivity index (χ4n) is 1.08. The Morgan fingerprint density at radius 2 is 1.72 bits per heavy atom.